The van der Waals surface area contributed by atoms with Crippen molar-refractivity contribution in [2.45, 2.75) is 19.0 Å². The van der Waals surface area contributed by atoms with Crippen LogP contribution in [-0.4, -0.2) is 11.3 Å². The summed E-state index contributed by atoms with van der Waals surface area (Å²) in [5.74, 6) is -0.295. The van der Waals surface area contributed by atoms with E-state index in [1.165, 1.54) is 35.4 Å². The van der Waals surface area contributed by atoms with Crippen molar-refractivity contribution in [3.05, 3.63) is 76.9 Å². The van der Waals surface area contributed by atoms with Crippen molar-refractivity contribution in [2.75, 3.05) is 4.90 Å². The molecule has 0 N–H and O–H groups in total. The average molecular weight is 443 g/mol. The van der Waals surface area contributed by atoms with Crippen molar-refractivity contribution in [1.29, 1.82) is 0 Å². The second-order valence-electron chi connectivity index (χ2n) is 6.35. The van der Waals surface area contributed by atoms with E-state index in [1.54, 1.807) is 18.2 Å². The molecule has 156 valence electrons. The molecular formula is C20H12ClF5N2O2. The maximum atomic E-state index is 13.5. The number of anilines is 2. The van der Waals surface area contributed by atoms with Crippen LogP contribution >= 0.6 is 11.6 Å². The Morgan fingerprint density at radius 2 is 1.63 bits per heavy atom. The molecule has 2 aromatic carbocycles. The summed E-state index contributed by atoms with van der Waals surface area (Å²) >= 11 is 6.27. The molecule has 0 amide bonds. The highest BCUT2D eigenvalue weighted by Crippen LogP contribution is 2.47. The third kappa shape index (κ3) is 3.97. The fourth-order valence-corrected chi connectivity index (χ4v) is 3.33. The molecule has 1 aliphatic heterocycles. The largest absolute Gasteiger partial charge is 0.586 e. The summed E-state index contributed by atoms with van der Waals surface area (Å²) in [5, 5.41) is -0.0230. The molecule has 0 saturated carbocycles. The first kappa shape index (κ1) is 20.2. The molecule has 0 aliphatic carbocycles. The van der Waals surface area contributed by atoms with Crippen LogP contribution in [0.25, 0.3) is 0 Å². The maximum Gasteiger partial charge on any atom is 0.586 e. The maximum absolute atomic E-state index is 13.5. The quantitative estimate of drug-likeness (QED) is 0.437. The Bertz CT molecular complexity index is 1080. The zero-order chi connectivity index (χ0) is 21.5. The van der Waals surface area contributed by atoms with Crippen molar-refractivity contribution < 1.29 is 31.4 Å². The van der Waals surface area contributed by atoms with Crippen LogP contribution in [0.5, 0.6) is 11.5 Å². The number of hydrogen-bond donors (Lipinski definition) is 0. The number of alkyl halides is 5. The summed E-state index contributed by atoms with van der Waals surface area (Å²) in [6, 6.07) is 12.2. The predicted molar refractivity (Wildman–Crippen MR) is 99.2 cm³/mol. The summed E-state index contributed by atoms with van der Waals surface area (Å²) in [7, 11) is 0. The molecule has 4 rings (SSSR count). The van der Waals surface area contributed by atoms with E-state index in [1.807, 2.05) is 0 Å². The van der Waals surface area contributed by atoms with Crippen LogP contribution in [-0.2, 0) is 12.7 Å². The van der Waals surface area contributed by atoms with Crippen LogP contribution in [0.3, 0.4) is 0 Å². The minimum absolute atomic E-state index is 0.0230. The molecular weight excluding hydrogens is 431 g/mol. The molecule has 0 spiro atoms. The van der Waals surface area contributed by atoms with Crippen molar-refractivity contribution in [2.24, 2.45) is 0 Å². The van der Waals surface area contributed by atoms with E-state index < -0.39 is 18.0 Å². The highest BCUT2D eigenvalue weighted by atomic mass is 35.5. The molecule has 10 heteroatoms. The van der Waals surface area contributed by atoms with Crippen LogP contribution in [0.2, 0.25) is 5.02 Å². The zero-order valence-corrected chi connectivity index (χ0v) is 15.7. The lowest BCUT2D eigenvalue weighted by Gasteiger charge is -2.26. The molecule has 2 heterocycles. The number of ether oxygens (including phenoxy) is 2. The zero-order valence-electron chi connectivity index (χ0n) is 15.0. The molecule has 0 bridgehead atoms. The summed E-state index contributed by atoms with van der Waals surface area (Å²) in [6.45, 7) is -0.275. The lowest BCUT2D eigenvalue weighted by atomic mass is 10.1. The monoisotopic (exact) mass is 442 g/mol. The first-order valence-corrected chi connectivity index (χ1v) is 8.95. The van der Waals surface area contributed by atoms with E-state index in [4.69, 9.17) is 11.6 Å². The molecule has 0 atom stereocenters. The molecule has 30 heavy (non-hydrogen) atoms. The number of halogens is 6. The first-order valence-electron chi connectivity index (χ1n) is 8.57. The lowest BCUT2D eigenvalue weighted by Crippen LogP contribution is -2.26. The van der Waals surface area contributed by atoms with Gasteiger partial charge in [-0.15, -0.1) is 8.78 Å². The van der Waals surface area contributed by atoms with Crippen molar-refractivity contribution >= 4 is 23.1 Å². The third-order valence-corrected chi connectivity index (χ3v) is 4.64. The smallest absolute Gasteiger partial charge is 0.395 e. The topological polar surface area (TPSA) is 34.6 Å². The molecule has 0 fully saturated rings. The molecule has 0 radical (unpaired) electrons. The fraction of sp³-hybridized carbons (Fsp3) is 0.150. The Labute approximate surface area is 172 Å². The summed E-state index contributed by atoms with van der Waals surface area (Å²) in [6.07, 6.45) is -6.98. The van der Waals surface area contributed by atoms with Gasteiger partial charge in [-0.1, -0.05) is 35.9 Å². The number of nitrogens with zero attached hydrogens (tertiary/aromatic N) is 2. The Morgan fingerprint density at radius 3 is 2.30 bits per heavy atom. The number of benzene rings is 2. The molecule has 4 nitrogen and oxygen atoms in total. The van der Waals surface area contributed by atoms with Gasteiger partial charge in [-0.3, -0.25) is 0 Å². The van der Waals surface area contributed by atoms with Crippen LogP contribution in [0.15, 0.2) is 60.8 Å². The predicted octanol–water partition coefficient (Wildman–Crippen LogP) is 6.41. The number of pyridine rings is 1. The van der Waals surface area contributed by atoms with Gasteiger partial charge in [-0.2, -0.15) is 13.2 Å². The van der Waals surface area contributed by atoms with E-state index in [9.17, 15) is 22.0 Å². The Kier molecular flexibility index (Phi) is 4.93. The van der Waals surface area contributed by atoms with Gasteiger partial charge < -0.3 is 14.4 Å². The van der Waals surface area contributed by atoms with E-state index in [0.29, 0.717) is 0 Å². The average Bonchev–Trinajstić information content (AvgIpc) is 2.98. The van der Waals surface area contributed by atoms with Gasteiger partial charge in [0.25, 0.3) is 0 Å². The SMILES string of the molecule is FC1(F)Oc2cc(Cl)c(N(Cc3ccccc3C(F)(F)F)c3ccccn3)cc2O1. The highest BCUT2D eigenvalue weighted by molar-refractivity contribution is 6.33. The van der Waals surface area contributed by atoms with Crippen LogP contribution < -0.4 is 14.4 Å². The van der Waals surface area contributed by atoms with Gasteiger partial charge >= 0.3 is 12.5 Å². The van der Waals surface area contributed by atoms with E-state index in [2.05, 4.69) is 14.5 Å². The normalized spacial score (nSPS) is 14.6. The summed E-state index contributed by atoms with van der Waals surface area (Å²) < 4.78 is 76.1. The van der Waals surface area contributed by atoms with Crippen molar-refractivity contribution in [3.8, 4) is 11.5 Å². The second kappa shape index (κ2) is 7.32. The molecule has 3 aromatic rings. The van der Waals surface area contributed by atoms with Gasteiger partial charge in [0.1, 0.15) is 5.82 Å². The minimum Gasteiger partial charge on any atom is -0.395 e. The number of aromatic nitrogens is 1. The van der Waals surface area contributed by atoms with E-state index >= 15 is 0 Å². The van der Waals surface area contributed by atoms with E-state index in [-0.39, 0.29) is 40.1 Å². The van der Waals surface area contributed by atoms with Crippen LogP contribution in [0.4, 0.5) is 33.5 Å². The number of hydrogen-bond acceptors (Lipinski definition) is 4. The Morgan fingerprint density at radius 1 is 0.967 bits per heavy atom. The standard InChI is InChI=1S/C20H12ClF5N2O2/c21-14-9-16-17(30-20(25,26)29-16)10-15(14)28(18-7-3-4-8-27-18)11-12-5-1-2-6-13(12)19(22,23)24/h1-10H,11H2. The van der Waals surface area contributed by atoms with Crippen LogP contribution in [0.1, 0.15) is 11.1 Å². The van der Waals surface area contributed by atoms with E-state index in [0.717, 1.165) is 12.1 Å². The molecule has 1 aromatic heterocycles. The lowest BCUT2D eigenvalue weighted by molar-refractivity contribution is -0.286. The van der Waals surface area contributed by atoms with Crippen molar-refractivity contribution in [3.63, 3.8) is 0 Å². The molecule has 1 aliphatic rings. The van der Waals surface area contributed by atoms with Crippen molar-refractivity contribution in [1.82, 2.24) is 4.98 Å². The van der Waals surface area contributed by atoms with Crippen LogP contribution in [0, 0.1) is 0 Å². The molecule has 0 saturated heterocycles. The Hall–Kier alpha value is -3.07. The van der Waals surface area contributed by atoms with Gasteiger partial charge in [-0.05, 0) is 23.8 Å². The summed E-state index contributed by atoms with van der Waals surface area (Å²) in [4.78, 5) is 5.55. The minimum atomic E-state index is -4.58. The van der Waals surface area contributed by atoms with Gasteiger partial charge in [0.05, 0.1) is 22.8 Å². The first-order chi connectivity index (χ1) is 14.1. The Balaban J connectivity index is 1.81. The third-order valence-electron chi connectivity index (χ3n) is 4.34. The highest BCUT2D eigenvalue weighted by Gasteiger charge is 2.44. The molecule has 0 unspecified atom stereocenters. The van der Waals surface area contributed by atoms with Gasteiger partial charge in [-0.25, -0.2) is 4.98 Å². The van der Waals surface area contributed by atoms with Gasteiger partial charge in [0, 0.05) is 18.3 Å². The number of fused-ring (bicyclic) bond motifs is 1. The second-order valence-corrected chi connectivity index (χ2v) is 6.75. The fourth-order valence-electron chi connectivity index (χ4n) is 3.08. The summed E-state index contributed by atoms with van der Waals surface area (Å²) in [5.41, 5.74) is -0.739. The number of rotatable bonds is 4. The van der Waals surface area contributed by atoms with Gasteiger partial charge in [0.2, 0.25) is 0 Å². The van der Waals surface area contributed by atoms with Gasteiger partial charge in [0.15, 0.2) is 11.5 Å².